The number of hydrogen-bond acceptors (Lipinski definition) is 7. The van der Waals surface area contributed by atoms with Gasteiger partial charge in [0.15, 0.2) is 0 Å². The van der Waals surface area contributed by atoms with Crippen molar-refractivity contribution in [1.82, 2.24) is 19.4 Å². The van der Waals surface area contributed by atoms with Crippen molar-refractivity contribution in [3.05, 3.63) is 88.1 Å². The number of anilines is 1. The molecule has 1 saturated carbocycles. The number of aromatic nitrogens is 3. The van der Waals surface area contributed by atoms with E-state index in [2.05, 4.69) is 22.0 Å². The molecule has 3 heterocycles. The van der Waals surface area contributed by atoms with E-state index in [0.29, 0.717) is 29.5 Å². The Balaban J connectivity index is 1.39. The van der Waals surface area contributed by atoms with Gasteiger partial charge in [-0.2, -0.15) is 0 Å². The van der Waals surface area contributed by atoms with Crippen LogP contribution in [0, 0.1) is 0 Å². The van der Waals surface area contributed by atoms with Crippen LogP contribution >= 0.6 is 0 Å². The number of rotatable bonds is 5. The normalized spacial score (nSPS) is 18.1. The molecule has 2 aromatic carbocycles. The van der Waals surface area contributed by atoms with E-state index in [1.54, 1.807) is 43.3 Å². The minimum Gasteiger partial charge on any atom is -0.410 e. The van der Waals surface area contributed by atoms with Crippen molar-refractivity contribution in [2.75, 3.05) is 32.6 Å². The van der Waals surface area contributed by atoms with Crippen LogP contribution in [0.5, 0.6) is 5.75 Å². The molecule has 1 fully saturated rings. The third kappa shape index (κ3) is 5.27. The van der Waals surface area contributed by atoms with Crippen molar-refractivity contribution < 1.29 is 14.6 Å². The summed E-state index contributed by atoms with van der Waals surface area (Å²) in [5, 5.41) is 11.2. The van der Waals surface area contributed by atoms with E-state index < -0.39 is 12.2 Å². The molecule has 0 spiro atoms. The summed E-state index contributed by atoms with van der Waals surface area (Å²) in [5.41, 5.74) is 6.21. The lowest BCUT2D eigenvalue weighted by Gasteiger charge is -2.30. The van der Waals surface area contributed by atoms with Gasteiger partial charge >= 0.3 is 6.09 Å². The summed E-state index contributed by atoms with van der Waals surface area (Å²) in [7, 11) is 5.30. The van der Waals surface area contributed by atoms with Crippen LogP contribution < -0.4 is 15.2 Å². The highest BCUT2D eigenvalue weighted by molar-refractivity contribution is 5.97. The molecule has 4 aromatic rings. The fraction of sp³-hybridized carbons (Fsp3) is 0.333. The van der Waals surface area contributed by atoms with Crippen molar-refractivity contribution in [2.24, 2.45) is 0 Å². The van der Waals surface area contributed by atoms with Crippen LogP contribution in [-0.2, 0) is 6.42 Å². The number of carbonyl (C=O) groups is 1. The lowest BCUT2D eigenvalue weighted by atomic mass is 9.91. The van der Waals surface area contributed by atoms with E-state index in [9.17, 15) is 14.7 Å². The molecule has 6 rings (SSSR count). The highest BCUT2D eigenvalue weighted by atomic mass is 16.6. The van der Waals surface area contributed by atoms with Gasteiger partial charge in [-0.25, -0.2) is 9.78 Å². The third-order valence-electron chi connectivity index (χ3n) is 8.19. The van der Waals surface area contributed by atoms with Crippen LogP contribution in [0.1, 0.15) is 48.4 Å². The first-order valence-corrected chi connectivity index (χ1v) is 14.4. The summed E-state index contributed by atoms with van der Waals surface area (Å²) in [6, 6.07) is 13.0. The Labute approximate surface area is 244 Å². The first-order chi connectivity index (χ1) is 20.3. The van der Waals surface area contributed by atoms with Crippen LogP contribution in [0.4, 0.5) is 10.5 Å². The second-order valence-corrected chi connectivity index (χ2v) is 11.4. The SMILES string of the molecule is CN(C)C(=O)Oc1cccc(-c2cc(Cc3cc4c(=O)n([C@H]5CCCC[C@@H]5O)cnc4c4c3C=CCN4C)ccn2)c1. The van der Waals surface area contributed by atoms with Gasteiger partial charge in [-0.3, -0.25) is 14.3 Å². The second kappa shape index (κ2) is 11.4. The molecule has 1 N–H and O–H groups in total. The Morgan fingerprint density at radius 1 is 1.12 bits per heavy atom. The number of fused-ring (bicyclic) bond motifs is 3. The van der Waals surface area contributed by atoms with Crippen LogP contribution in [0.15, 0.2) is 65.9 Å². The number of aliphatic hydroxyl groups excluding tert-OH is 1. The van der Waals surface area contributed by atoms with Gasteiger partial charge in [0, 0.05) is 45.0 Å². The highest BCUT2D eigenvalue weighted by Crippen LogP contribution is 2.36. The number of benzene rings is 2. The molecule has 1 aliphatic carbocycles. The van der Waals surface area contributed by atoms with E-state index in [-0.39, 0.29) is 11.6 Å². The molecule has 9 heteroatoms. The molecule has 2 aliphatic rings. The molecule has 216 valence electrons. The lowest BCUT2D eigenvalue weighted by Crippen LogP contribution is -2.35. The summed E-state index contributed by atoms with van der Waals surface area (Å²) >= 11 is 0. The summed E-state index contributed by atoms with van der Waals surface area (Å²) < 4.78 is 7.08. The van der Waals surface area contributed by atoms with Gasteiger partial charge in [0.05, 0.1) is 35.2 Å². The first-order valence-electron chi connectivity index (χ1n) is 14.4. The Bertz CT molecular complexity index is 1740. The van der Waals surface area contributed by atoms with E-state index in [0.717, 1.165) is 59.4 Å². The molecule has 42 heavy (non-hydrogen) atoms. The highest BCUT2D eigenvalue weighted by Gasteiger charge is 2.27. The number of aliphatic hydroxyl groups is 1. The molecule has 0 radical (unpaired) electrons. The van der Waals surface area contributed by atoms with Gasteiger partial charge in [-0.15, -0.1) is 0 Å². The second-order valence-electron chi connectivity index (χ2n) is 11.4. The topological polar surface area (TPSA) is 101 Å². The van der Waals surface area contributed by atoms with Crippen molar-refractivity contribution in [3.63, 3.8) is 0 Å². The number of hydrogen-bond donors (Lipinski definition) is 1. The minimum absolute atomic E-state index is 0.113. The zero-order chi connectivity index (χ0) is 29.4. The quantitative estimate of drug-likeness (QED) is 0.362. The maximum absolute atomic E-state index is 13.9. The van der Waals surface area contributed by atoms with Crippen molar-refractivity contribution in [2.45, 2.75) is 44.2 Å². The zero-order valence-electron chi connectivity index (χ0n) is 24.2. The monoisotopic (exact) mass is 565 g/mol. The number of nitrogens with zero attached hydrogens (tertiary/aromatic N) is 5. The van der Waals surface area contributed by atoms with Crippen LogP contribution in [0.2, 0.25) is 0 Å². The van der Waals surface area contributed by atoms with Crippen molar-refractivity contribution >= 4 is 28.8 Å². The van der Waals surface area contributed by atoms with Gasteiger partial charge in [0.2, 0.25) is 0 Å². The molecule has 9 nitrogen and oxygen atoms in total. The molecule has 0 bridgehead atoms. The Morgan fingerprint density at radius 2 is 1.95 bits per heavy atom. The zero-order valence-corrected chi connectivity index (χ0v) is 24.2. The summed E-state index contributed by atoms with van der Waals surface area (Å²) in [4.78, 5) is 38.8. The van der Waals surface area contributed by atoms with Crippen LogP contribution in [-0.4, -0.2) is 64.4 Å². The fourth-order valence-corrected chi connectivity index (χ4v) is 6.00. The Hall–Kier alpha value is -4.50. The number of ether oxygens (including phenoxy) is 1. The molecular weight excluding hydrogens is 530 g/mol. The average Bonchev–Trinajstić information content (AvgIpc) is 2.98. The van der Waals surface area contributed by atoms with E-state index >= 15 is 0 Å². The number of likely N-dealkylation sites (N-methyl/N-ethyl adjacent to an activating group) is 1. The molecule has 0 saturated heterocycles. The molecule has 0 unspecified atom stereocenters. The van der Waals surface area contributed by atoms with Gasteiger partial charge in [-0.05, 0) is 60.7 Å². The Kier molecular flexibility index (Phi) is 7.51. The standard InChI is InChI=1S/C33H35N5O4/c1-36(2)33(41)42-24-9-6-8-22(18-24)27-17-21(13-14-34-27)16-23-19-26-30(31-25(23)10-7-15-37(31)3)35-20-38(32(26)40)28-11-4-5-12-29(28)39/h6-10,13-14,17-20,28-29,39H,4-5,11-12,15-16H2,1-3H3/t28-,29-/m0/s1. The van der Waals surface area contributed by atoms with Crippen LogP contribution in [0.3, 0.4) is 0 Å². The van der Waals surface area contributed by atoms with E-state index in [1.807, 2.05) is 37.4 Å². The molecular formula is C33H35N5O4. The molecule has 2 atom stereocenters. The van der Waals surface area contributed by atoms with Gasteiger partial charge in [0.1, 0.15) is 11.3 Å². The smallest absolute Gasteiger partial charge is 0.410 e. The maximum Gasteiger partial charge on any atom is 0.414 e. The fourth-order valence-electron chi connectivity index (χ4n) is 6.00. The first kappa shape index (κ1) is 27.7. The molecule has 2 aromatic heterocycles. The Morgan fingerprint density at radius 3 is 2.76 bits per heavy atom. The average molecular weight is 566 g/mol. The number of pyridine rings is 1. The predicted octanol–water partition coefficient (Wildman–Crippen LogP) is 5.05. The number of amides is 1. The van der Waals surface area contributed by atoms with Gasteiger partial charge < -0.3 is 19.6 Å². The largest absolute Gasteiger partial charge is 0.414 e. The maximum atomic E-state index is 13.9. The summed E-state index contributed by atoms with van der Waals surface area (Å²) in [6.45, 7) is 0.728. The predicted molar refractivity (Wildman–Crippen MR) is 164 cm³/mol. The molecule has 1 amide bonds. The van der Waals surface area contributed by atoms with Crippen LogP contribution in [0.25, 0.3) is 28.2 Å². The van der Waals surface area contributed by atoms with Gasteiger partial charge in [0.25, 0.3) is 5.56 Å². The number of carbonyl (C=O) groups excluding carboxylic acids is 1. The van der Waals surface area contributed by atoms with Crippen molar-refractivity contribution in [3.8, 4) is 17.0 Å². The lowest BCUT2D eigenvalue weighted by molar-refractivity contribution is 0.0735. The summed E-state index contributed by atoms with van der Waals surface area (Å²) in [5.74, 6) is 0.446. The minimum atomic E-state index is -0.543. The summed E-state index contributed by atoms with van der Waals surface area (Å²) in [6.07, 6.45) is 10.7. The van der Waals surface area contributed by atoms with Gasteiger partial charge in [-0.1, -0.05) is 37.1 Å². The van der Waals surface area contributed by atoms with E-state index in [4.69, 9.17) is 9.72 Å². The molecule has 1 aliphatic heterocycles. The third-order valence-corrected chi connectivity index (χ3v) is 8.19. The van der Waals surface area contributed by atoms with Crippen molar-refractivity contribution in [1.29, 1.82) is 0 Å². The van der Waals surface area contributed by atoms with E-state index in [1.165, 1.54) is 4.90 Å².